The number of amides is 5. The van der Waals surface area contributed by atoms with Crippen LogP contribution in [0.25, 0.3) is 22.3 Å². The lowest BCUT2D eigenvalue weighted by Crippen LogP contribution is -2.53. The van der Waals surface area contributed by atoms with E-state index in [0.29, 0.717) is 42.2 Å². The number of aromatic nitrogens is 4. The summed E-state index contributed by atoms with van der Waals surface area (Å²) in [6, 6.07) is 24.1. The number of anilines is 1. The Bertz CT molecular complexity index is 2710. The number of imide groups is 1. The predicted octanol–water partition coefficient (Wildman–Crippen LogP) is 7.22. The lowest BCUT2D eigenvalue weighted by atomic mass is 9.87. The number of nitrogens with two attached hydrogens (primary N) is 1. The Morgan fingerprint density at radius 1 is 0.771 bits per heavy atom. The van der Waals surface area contributed by atoms with Gasteiger partial charge in [-0.1, -0.05) is 30.3 Å². The molecule has 2 atom stereocenters. The number of benzene rings is 3. The largest absolute Gasteiger partial charge is 0.457 e. The van der Waals surface area contributed by atoms with Gasteiger partial charge in [0.05, 0.1) is 11.4 Å². The molecule has 16 heteroatoms. The van der Waals surface area contributed by atoms with E-state index < -0.39 is 6.04 Å². The van der Waals surface area contributed by atoms with Crippen molar-refractivity contribution in [3.05, 3.63) is 95.8 Å². The molecule has 2 aromatic heterocycles. The van der Waals surface area contributed by atoms with Gasteiger partial charge in [-0.15, -0.1) is 0 Å². The van der Waals surface area contributed by atoms with E-state index in [1.807, 2.05) is 60.7 Å². The highest BCUT2D eigenvalue weighted by Gasteiger charge is 2.40. The molecule has 11 rings (SSSR count). The van der Waals surface area contributed by atoms with Crippen LogP contribution in [0.2, 0.25) is 0 Å². The summed E-state index contributed by atoms with van der Waals surface area (Å²) in [5.41, 5.74) is 11.9. The third-order valence-electron chi connectivity index (χ3n) is 16.2. The van der Waals surface area contributed by atoms with E-state index >= 15 is 0 Å². The van der Waals surface area contributed by atoms with Crippen LogP contribution in [0.15, 0.2) is 79.1 Å². The minimum absolute atomic E-state index is 0.114. The minimum atomic E-state index is -0.584. The Hall–Kier alpha value is -6.39. The van der Waals surface area contributed by atoms with E-state index in [4.69, 9.17) is 20.6 Å². The lowest BCUT2D eigenvalue weighted by Gasteiger charge is -2.43. The molecule has 6 aliphatic heterocycles. The lowest BCUT2D eigenvalue weighted by molar-refractivity contribution is -0.136. The van der Waals surface area contributed by atoms with Crippen LogP contribution in [0.1, 0.15) is 110 Å². The molecule has 2 unspecified atom stereocenters. The number of piperidine rings is 5. The number of ether oxygens (including phenoxy) is 1. The first-order valence-corrected chi connectivity index (χ1v) is 25.8. The molecule has 5 amide bonds. The van der Waals surface area contributed by atoms with Crippen molar-refractivity contribution in [2.45, 2.75) is 108 Å². The van der Waals surface area contributed by atoms with Gasteiger partial charge in [0.1, 0.15) is 35.4 Å². The van der Waals surface area contributed by atoms with Crippen LogP contribution in [0.4, 0.5) is 10.6 Å². The first-order chi connectivity index (χ1) is 34.2. The molecule has 8 heterocycles. The molecule has 70 heavy (non-hydrogen) atoms. The second kappa shape index (κ2) is 20.1. The number of hydrogen-bond acceptors (Lipinski definition) is 11. The molecule has 16 nitrogen and oxygen atoms in total. The number of carbonyl (C=O) groups excluding carboxylic acids is 4. The first kappa shape index (κ1) is 46.0. The quantitative estimate of drug-likeness (QED) is 0.128. The number of likely N-dealkylation sites (tertiary alicyclic amines) is 4. The van der Waals surface area contributed by atoms with Gasteiger partial charge in [-0.3, -0.25) is 24.6 Å². The number of hydrogen-bond donors (Lipinski definition) is 2. The Kier molecular flexibility index (Phi) is 13.2. The standard InChI is InChI=1S/C54H65N11O5/c55-50-48-49(38-10-13-44(14-11-38)70-43-8-2-1-3-9-43)59-65(51(48)57-35-56-50)42-7-5-25-63(34-42)41-22-30-62(31-23-41)54(69)61-28-18-36(19-29-61)6-4-24-60-26-20-37(21-27-60)39-12-15-45-40(32-39)33-64(53(45)68)46-16-17-47(66)58-52(46)67/h1-3,8-15,32,35-37,41-42,46H,4-7,16-31,33-34H2,(H2,55,56,57)(H,58,66,67). The molecule has 0 spiro atoms. The van der Waals surface area contributed by atoms with E-state index in [2.05, 4.69) is 46.7 Å². The fourth-order valence-electron chi connectivity index (χ4n) is 12.2. The molecule has 0 aliphatic carbocycles. The molecule has 5 saturated heterocycles. The molecule has 3 N–H and O–H groups in total. The Morgan fingerprint density at radius 2 is 1.51 bits per heavy atom. The van der Waals surface area contributed by atoms with Gasteiger partial charge in [0, 0.05) is 62.9 Å². The molecule has 3 aromatic carbocycles. The molecule has 0 bridgehead atoms. The maximum atomic E-state index is 13.8. The maximum Gasteiger partial charge on any atom is 0.319 e. The van der Waals surface area contributed by atoms with Crippen LogP contribution in [0, 0.1) is 5.92 Å². The fraction of sp³-hybridized carbons (Fsp3) is 0.500. The van der Waals surface area contributed by atoms with E-state index in [1.165, 1.54) is 24.7 Å². The average molecular weight is 948 g/mol. The number of para-hydroxylation sites is 1. The van der Waals surface area contributed by atoms with Gasteiger partial charge >= 0.3 is 6.03 Å². The van der Waals surface area contributed by atoms with Gasteiger partial charge in [-0.25, -0.2) is 19.4 Å². The number of rotatable bonds is 11. The molecule has 5 aromatic rings. The summed E-state index contributed by atoms with van der Waals surface area (Å²) in [5, 5.41) is 8.36. The highest BCUT2D eigenvalue weighted by atomic mass is 16.5. The van der Waals surface area contributed by atoms with Gasteiger partial charge in [0.2, 0.25) is 11.8 Å². The van der Waals surface area contributed by atoms with E-state index in [0.717, 1.165) is 150 Å². The van der Waals surface area contributed by atoms with Crippen LogP contribution >= 0.6 is 0 Å². The van der Waals surface area contributed by atoms with Crippen LogP contribution in [0.3, 0.4) is 0 Å². The smallest absolute Gasteiger partial charge is 0.319 e. The van der Waals surface area contributed by atoms with Gasteiger partial charge < -0.3 is 30.1 Å². The summed E-state index contributed by atoms with van der Waals surface area (Å²) in [6.07, 6.45) is 12.9. The Morgan fingerprint density at radius 3 is 2.27 bits per heavy atom. The Labute approximate surface area is 409 Å². The highest BCUT2D eigenvalue weighted by molar-refractivity contribution is 6.05. The second-order valence-electron chi connectivity index (χ2n) is 20.5. The molecule has 0 radical (unpaired) electrons. The molecular formula is C54H65N11O5. The summed E-state index contributed by atoms with van der Waals surface area (Å²) in [4.78, 5) is 71.3. The normalized spacial score (nSPS) is 22.5. The second-order valence-corrected chi connectivity index (χ2v) is 20.5. The molecule has 366 valence electrons. The number of nitrogens with zero attached hydrogens (tertiary/aromatic N) is 9. The SMILES string of the molecule is Nc1ncnc2c1c(-c1ccc(Oc3ccccc3)cc1)nn2C1CCCN(C2CCN(C(=O)N3CCC(CCCN4CCC(c5ccc6c(c5)CN(C5CCC(=O)NC5=O)C6=O)CC4)CC3)CC2)C1. The summed E-state index contributed by atoms with van der Waals surface area (Å²) in [6.45, 7) is 8.87. The van der Waals surface area contributed by atoms with E-state index in [9.17, 15) is 19.2 Å². The number of carbonyl (C=O) groups is 4. The monoisotopic (exact) mass is 948 g/mol. The number of nitrogen functional groups attached to an aromatic ring is 1. The molecular weight excluding hydrogens is 883 g/mol. The van der Waals surface area contributed by atoms with Gasteiger partial charge in [0.15, 0.2) is 5.65 Å². The van der Waals surface area contributed by atoms with E-state index in [-0.39, 0.29) is 36.2 Å². The van der Waals surface area contributed by atoms with Gasteiger partial charge in [0.25, 0.3) is 5.91 Å². The van der Waals surface area contributed by atoms with Crippen LogP contribution in [-0.2, 0) is 16.1 Å². The van der Waals surface area contributed by atoms with Crippen LogP contribution < -0.4 is 15.8 Å². The zero-order chi connectivity index (χ0) is 47.7. The summed E-state index contributed by atoms with van der Waals surface area (Å²) >= 11 is 0. The zero-order valence-electron chi connectivity index (χ0n) is 40.1. The van der Waals surface area contributed by atoms with Crippen molar-refractivity contribution in [3.63, 3.8) is 0 Å². The third-order valence-corrected chi connectivity index (χ3v) is 16.2. The van der Waals surface area contributed by atoms with E-state index in [1.54, 1.807) is 4.90 Å². The summed E-state index contributed by atoms with van der Waals surface area (Å²) < 4.78 is 8.13. The van der Waals surface area contributed by atoms with Crippen molar-refractivity contribution in [1.82, 2.24) is 49.6 Å². The fourth-order valence-corrected chi connectivity index (χ4v) is 12.2. The van der Waals surface area contributed by atoms with Gasteiger partial charge in [-0.05, 0) is 162 Å². The zero-order valence-corrected chi connectivity index (χ0v) is 40.1. The van der Waals surface area contributed by atoms with Crippen LogP contribution in [0.5, 0.6) is 11.5 Å². The molecule has 0 saturated carbocycles. The third kappa shape index (κ3) is 9.59. The topological polar surface area (TPSA) is 175 Å². The summed E-state index contributed by atoms with van der Waals surface area (Å²) in [7, 11) is 0. The van der Waals surface area contributed by atoms with Crippen LogP contribution in [-0.4, -0.2) is 139 Å². The number of fused-ring (bicyclic) bond motifs is 2. The highest BCUT2D eigenvalue weighted by Crippen LogP contribution is 2.37. The van der Waals surface area contributed by atoms with Crippen molar-refractivity contribution in [2.24, 2.45) is 5.92 Å². The number of urea groups is 1. The Balaban J connectivity index is 0.608. The number of nitrogens with one attached hydrogen (secondary N) is 1. The predicted molar refractivity (Wildman–Crippen MR) is 266 cm³/mol. The first-order valence-electron chi connectivity index (χ1n) is 25.8. The minimum Gasteiger partial charge on any atom is -0.457 e. The summed E-state index contributed by atoms with van der Waals surface area (Å²) in [5.74, 6) is 2.33. The van der Waals surface area contributed by atoms with Crippen molar-refractivity contribution in [2.75, 3.05) is 64.6 Å². The van der Waals surface area contributed by atoms with Crippen molar-refractivity contribution in [3.8, 4) is 22.8 Å². The average Bonchev–Trinajstić information content (AvgIpc) is 3.95. The van der Waals surface area contributed by atoms with Crippen molar-refractivity contribution >= 4 is 40.6 Å². The molecule has 6 aliphatic rings. The van der Waals surface area contributed by atoms with Crippen molar-refractivity contribution in [1.29, 1.82) is 0 Å². The van der Waals surface area contributed by atoms with Crippen molar-refractivity contribution < 1.29 is 23.9 Å². The molecule has 5 fully saturated rings. The van der Waals surface area contributed by atoms with Gasteiger partial charge in [-0.2, -0.15) is 5.10 Å². The maximum absolute atomic E-state index is 13.8.